The standard InChI is InChI=1S/C20H18FN3O/c21-16-5-3-15(4-6-16)20(9-1-2-10-20)19(25)18-17(13-23-24-18)14-7-11-22-12-8-14/h3-8,11-13H,1-2,9-10H2,(H,23,24). The molecule has 126 valence electrons. The van der Waals surface area contributed by atoms with E-state index in [0.29, 0.717) is 5.69 Å². The van der Waals surface area contributed by atoms with Crippen LogP contribution in [-0.2, 0) is 5.41 Å². The molecule has 1 fully saturated rings. The van der Waals surface area contributed by atoms with Gasteiger partial charge in [0, 0.05) is 18.0 Å². The van der Waals surface area contributed by atoms with Crippen LogP contribution >= 0.6 is 0 Å². The molecule has 4 nitrogen and oxygen atoms in total. The van der Waals surface area contributed by atoms with Gasteiger partial charge < -0.3 is 0 Å². The Morgan fingerprint density at radius 2 is 1.72 bits per heavy atom. The number of halogens is 1. The van der Waals surface area contributed by atoms with Crippen LogP contribution in [-0.4, -0.2) is 21.0 Å². The van der Waals surface area contributed by atoms with Crippen molar-refractivity contribution in [2.75, 3.05) is 0 Å². The highest BCUT2D eigenvalue weighted by Crippen LogP contribution is 2.44. The maximum Gasteiger partial charge on any atom is 0.191 e. The second-order valence-electron chi connectivity index (χ2n) is 6.52. The van der Waals surface area contributed by atoms with Crippen LogP contribution in [0.25, 0.3) is 11.1 Å². The van der Waals surface area contributed by atoms with Crippen molar-refractivity contribution in [1.82, 2.24) is 15.2 Å². The molecule has 1 aliphatic carbocycles. The van der Waals surface area contributed by atoms with Gasteiger partial charge in [-0.05, 0) is 48.2 Å². The summed E-state index contributed by atoms with van der Waals surface area (Å²) in [7, 11) is 0. The molecule has 2 heterocycles. The summed E-state index contributed by atoms with van der Waals surface area (Å²) in [6.45, 7) is 0. The second-order valence-corrected chi connectivity index (χ2v) is 6.52. The van der Waals surface area contributed by atoms with E-state index in [9.17, 15) is 9.18 Å². The molecule has 1 saturated carbocycles. The topological polar surface area (TPSA) is 58.6 Å². The van der Waals surface area contributed by atoms with Gasteiger partial charge in [0.1, 0.15) is 11.5 Å². The molecule has 1 aliphatic rings. The molecule has 4 rings (SSSR count). The Kier molecular flexibility index (Phi) is 3.92. The van der Waals surface area contributed by atoms with Gasteiger partial charge in [-0.1, -0.05) is 25.0 Å². The lowest BCUT2D eigenvalue weighted by atomic mass is 9.73. The summed E-state index contributed by atoms with van der Waals surface area (Å²) in [5.74, 6) is -0.260. The highest BCUT2D eigenvalue weighted by molar-refractivity contribution is 6.07. The van der Waals surface area contributed by atoms with Crippen molar-refractivity contribution in [2.24, 2.45) is 0 Å². The lowest BCUT2D eigenvalue weighted by Gasteiger charge is -2.28. The fraction of sp³-hybridized carbons (Fsp3) is 0.250. The van der Waals surface area contributed by atoms with E-state index >= 15 is 0 Å². The van der Waals surface area contributed by atoms with E-state index in [2.05, 4.69) is 15.2 Å². The molecule has 0 saturated heterocycles. The van der Waals surface area contributed by atoms with Crippen LogP contribution < -0.4 is 0 Å². The number of hydrogen-bond acceptors (Lipinski definition) is 3. The van der Waals surface area contributed by atoms with Crippen LogP contribution in [0.3, 0.4) is 0 Å². The van der Waals surface area contributed by atoms with Gasteiger partial charge in [0.05, 0.1) is 11.6 Å². The number of pyridine rings is 1. The number of nitrogens with one attached hydrogen (secondary N) is 1. The monoisotopic (exact) mass is 335 g/mol. The van der Waals surface area contributed by atoms with Crippen molar-refractivity contribution in [2.45, 2.75) is 31.1 Å². The zero-order valence-electron chi connectivity index (χ0n) is 13.7. The molecular weight excluding hydrogens is 317 g/mol. The first-order valence-corrected chi connectivity index (χ1v) is 8.45. The predicted molar refractivity (Wildman–Crippen MR) is 92.7 cm³/mol. The summed E-state index contributed by atoms with van der Waals surface area (Å²) in [6, 6.07) is 10.1. The Morgan fingerprint density at radius 3 is 2.40 bits per heavy atom. The number of ketones is 1. The first-order valence-electron chi connectivity index (χ1n) is 8.45. The summed E-state index contributed by atoms with van der Waals surface area (Å²) in [4.78, 5) is 17.6. The number of aromatic nitrogens is 3. The molecule has 25 heavy (non-hydrogen) atoms. The van der Waals surface area contributed by atoms with Gasteiger partial charge in [-0.2, -0.15) is 5.10 Å². The summed E-state index contributed by atoms with van der Waals surface area (Å²) in [5, 5.41) is 7.00. The fourth-order valence-corrected chi connectivity index (χ4v) is 3.84. The molecule has 0 unspecified atom stereocenters. The number of hydrogen-bond donors (Lipinski definition) is 1. The quantitative estimate of drug-likeness (QED) is 0.723. The van der Waals surface area contributed by atoms with Crippen molar-refractivity contribution in [1.29, 1.82) is 0 Å². The molecule has 0 radical (unpaired) electrons. The number of nitrogens with zero attached hydrogens (tertiary/aromatic N) is 2. The minimum Gasteiger partial charge on any atom is -0.291 e. The number of carbonyl (C=O) groups is 1. The second kappa shape index (κ2) is 6.24. The van der Waals surface area contributed by atoms with Crippen molar-refractivity contribution < 1.29 is 9.18 Å². The number of rotatable bonds is 4. The van der Waals surface area contributed by atoms with E-state index in [0.717, 1.165) is 42.4 Å². The fourth-order valence-electron chi connectivity index (χ4n) is 3.84. The lowest BCUT2D eigenvalue weighted by Crippen LogP contribution is -2.33. The van der Waals surface area contributed by atoms with Gasteiger partial charge in [0.15, 0.2) is 5.78 Å². The van der Waals surface area contributed by atoms with E-state index < -0.39 is 5.41 Å². The Labute approximate surface area is 145 Å². The Balaban J connectivity index is 1.79. The Bertz CT molecular complexity index is 881. The molecule has 1 aromatic carbocycles. The SMILES string of the molecule is O=C(c1[nH]ncc1-c1ccncc1)C1(c2ccc(F)cc2)CCCC1. The smallest absolute Gasteiger partial charge is 0.191 e. The van der Waals surface area contributed by atoms with E-state index in [-0.39, 0.29) is 11.6 Å². The van der Waals surface area contributed by atoms with Crippen LogP contribution in [0, 0.1) is 5.82 Å². The van der Waals surface area contributed by atoms with Crippen LogP contribution in [0.2, 0.25) is 0 Å². The largest absolute Gasteiger partial charge is 0.291 e. The average molecular weight is 335 g/mol. The van der Waals surface area contributed by atoms with E-state index in [1.807, 2.05) is 12.1 Å². The molecular formula is C20H18FN3O. The zero-order chi connectivity index (χ0) is 17.3. The van der Waals surface area contributed by atoms with Gasteiger partial charge in [-0.15, -0.1) is 0 Å². The predicted octanol–water partition coefficient (Wildman–Crippen LogP) is 4.31. The Hall–Kier alpha value is -2.82. The number of aromatic amines is 1. The van der Waals surface area contributed by atoms with Crippen molar-refractivity contribution >= 4 is 5.78 Å². The van der Waals surface area contributed by atoms with Crippen molar-refractivity contribution in [3.63, 3.8) is 0 Å². The number of benzene rings is 1. The summed E-state index contributed by atoms with van der Waals surface area (Å²) < 4.78 is 13.4. The number of carbonyl (C=O) groups excluding carboxylic acids is 1. The van der Waals surface area contributed by atoms with Crippen LogP contribution in [0.5, 0.6) is 0 Å². The van der Waals surface area contributed by atoms with Crippen LogP contribution in [0.1, 0.15) is 41.7 Å². The molecule has 0 aliphatic heterocycles. The lowest BCUT2D eigenvalue weighted by molar-refractivity contribution is 0.0881. The van der Waals surface area contributed by atoms with Crippen molar-refractivity contribution in [3.8, 4) is 11.1 Å². The maximum absolute atomic E-state index is 13.5. The highest BCUT2D eigenvalue weighted by atomic mass is 19.1. The third-order valence-corrected chi connectivity index (χ3v) is 5.15. The van der Waals surface area contributed by atoms with Gasteiger partial charge in [0.2, 0.25) is 0 Å². The first kappa shape index (κ1) is 15.7. The molecule has 0 amide bonds. The normalized spacial score (nSPS) is 16.0. The molecule has 1 N–H and O–H groups in total. The summed E-state index contributed by atoms with van der Waals surface area (Å²) >= 11 is 0. The first-order chi connectivity index (χ1) is 12.2. The van der Waals surface area contributed by atoms with E-state index in [1.54, 1.807) is 30.7 Å². The van der Waals surface area contributed by atoms with Gasteiger partial charge in [-0.3, -0.25) is 14.9 Å². The molecule has 0 atom stereocenters. The zero-order valence-corrected chi connectivity index (χ0v) is 13.7. The van der Waals surface area contributed by atoms with Crippen LogP contribution in [0.15, 0.2) is 55.0 Å². The van der Waals surface area contributed by atoms with Gasteiger partial charge in [-0.25, -0.2) is 4.39 Å². The third-order valence-electron chi connectivity index (χ3n) is 5.15. The van der Waals surface area contributed by atoms with Gasteiger partial charge in [0.25, 0.3) is 0 Å². The van der Waals surface area contributed by atoms with Crippen molar-refractivity contribution in [3.05, 3.63) is 72.1 Å². The molecule has 2 aromatic heterocycles. The third kappa shape index (κ3) is 2.65. The molecule has 0 spiro atoms. The molecule has 3 aromatic rings. The minimum absolute atomic E-state index is 0.0286. The summed E-state index contributed by atoms with van der Waals surface area (Å²) in [5.41, 5.74) is 2.46. The van der Waals surface area contributed by atoms with Gasteiger partial charge >= 0.3 is 0 Å². The number of Topliss-reactive ketones (excluding diaryl/α,β-unsaturated/α-hetero) is 1. The van der Waals surface area contributed by atoms with E-state index in [4.69, 9.17) is 0 Å². The minimum atomic E-state index is -0.609. The Morgan fingerprint density at radius 1 is 1.04 bits per heavy atom. The molecule has 5 heteroatoms. The number of H-pyrrole nitrogens is 1. The molecule has 0 bridgehead atoms. The average Bonchev–Trinajstić information content (AvgIpc) is 3.33. The summed E-state index contributed by atoms with van der Waals surface area (Å²) in [6.07, 6.45) is 8.59. The van der Waals surface area contributed by atoms with Crippen LogP contribution in [0.4, 0.5) is 4.39 Å². The van der Waals surface area contributed by atoms with E-state index in [1.165, 1.54) is 12.1 Å². The maximum atomic E-state index is 13.5. The highest BCUT2D eigenvalue weighted by Gasteiger charge is 2.44.